The van der Waals surface area contributed by atoms with E-state index in [0.717, 1.165) is 17.9 Å². The normalized spacial score (nSPS) is 11.0. The van der Waals surface area contributed by atoms with Gasteiger partial charge in [0.1, 0.15) is 12.4 Å². The van der Waals surface area contributed by atoms with Crippen LogP contribution in [0, 0.1) is 0 Å². The highest BCUT2D eigenvalue weighted by molar-refractivity contribution is 4.99. The Morgan fingerprint density at radius 1 is 1.58 bits per heavy atom. The van der Waals surface area contributed by atoms with Gasteiger partial charge in [-0.2, -0.15) is 0 Å². The first-order valence-corrected chi connectivity index (χ1v) is 4.36. The Morgan fingerprint density at radius 3 is 2.83 bits per heavy atom. The molecule has 3 nitrogen and oxygen atoms in total. The molecule has 1 rings (SSSR count). The van der Waals surface area contributed by atoms with Crippen molar-refractivity contribution < 1.29 is 4.74 Å². The molecule has 3 heteroatoms. The van der Waals surface area contributed by atoms with Gasteiger partial charge in [-0.1, -0.05) is 6.92 Å². The predicted molar refractivity (Wildman–Crippen MR) is 47.9 cm³/mol. The van der Waals surface area contributed by atoms with Gasteiger partial charge in [0.25, 0.3) is 0 Å². The first kappa shape index (κ1) is 9.26. The Bertz CT molecular complexity index is 230. The second kappa shape index (κ2) is 4.26. The predicted octanol–water partition coefficient (Wildman–Crippen LogP) is 1.90. The van der Waals surface area contributed by atoms with Crippen LogP contribution in [-0.2, 0) is 17.8 Å². The summed E-state index contributed by atoms with van der Waals surface area (Å²) in [5, 5.41) is 0. The van der Waals surface area contributed by atoms with Crippen molar-refractivity contribution in [1.82, 2.24) is 9.97 Å². The van der Waals surface area contributed by atoms with E-state index in [9.17, 15) is 0 Å². The van der Waals surface area contributed by atoms with Crippen LogP contribution in [0.3, 0.4) is 0 Å². The van der Waals surface area contributed by atoms with Crippen LogP contribution in [0.25, 0.3) is 0 Å². The van der Waals surface area contributed by atoms with Gasteiger partial charge < -0.3 is 9.72 Å². The van der Waals surface area contributed by atoms with Crippen molar-refractivity contribution in [1.29, 1.82) is 0 Å². The third-order valence-electron chi connectivity index (χ3n) is 1.62. The van der Waals surface area contributed by atoms with Crippen LogP contribution in [0.1, 0.15) is 32.3 Å². The maximum absolute atomic E-state index is 5.39. The Kier molecular flexibility index (Phi) is 3.29. The number of aromatic amines is 1. The minimum atomic E-state index is 0.264. The molecular weight excluding hydrogens is 152 g/mol. The van der Waals surface area contributed by atoms with E-state index < -0.39 is 0 Å². The van der Waals surface area contributed by atoms with Gasteiger partial charge >= 0.3 is 0 Å². The zero-order chi connectivity index (χ0) is 8.97. The second-order valence-electron chi connectivity index (χ2n) is 3.07. The molecule has 0 aliphatic heterocycles. The minimum absolute atomic E-state index is 0.264. The fourth-order valence-corrected chi connectivity index (χ4v) is 0.904. The summed E-state index contributed by atoms with van der Waals surface area (Å²) in [5.74, 6) is 0.917. The van der Waals surface area contributed by atoms with E-state index in [1.54, 1.807) is 0 Å². The summed E-state index contributed by atoms with van der Waals surface area (Å²) in [7, 11) is 0. The second-order valence-corrected chi connectivity index (χ2v) is 3.07. The molecule has 0 aromatic carbocycles. The first-order valence-electron chi connectivity index (χ1n) is 4.36. The van der Waals surface area contributed by atoms with Gasteiger partial charge in [0.2, 0.25) is 0 Å². The maximum Gasteiger partial charge on any atom is 0.132 e. The zero-order valence-corrected chi connectivity index (χ0v) is 7.92. The molecule has 0 atom stereocenters. The smallest absolute Gasteiger partial charge is 0.132 e. The highest BCUT2D eigenvalue weighted by Crippen LogP contribution is 2.00. The number of nitrogens with one attached hydrogen (secondary N) is 1. The SMILES string of the molecule is CCc1cnc(COC(C)C)[nH]1. The highest BCUT2D eigenvalue weighted by Gasteiger charge is 1.99. The number of hydrogen-bond donors (Lipinski definition) is 1. The maximum atomic E-state index is 5.39. The average Bonchev–Trinajstić information content (AvgIpc) is 2.48. The quantitative estimate of drug-likeness (QED) is 0.745. The number of nitrogens with zero attached hydrogens (tertiary/aromatic N) is 1. The van der Waals surface area contributed by atoms with Crippen molar-refractivity contribution >= 4 is 0 Å². The van der Waals surface area contributed by atoms with Gasteiger partial charge in [0.05, 0.1) is 6.10 Å². The number of H-pyrrole nitrogens is 1. The van der Waals surface area contributed by atoms with Crippen molar-refractivity contribution in [3.05, 3.63) is 17.7 Å². The molecule has 12 heavy (non-hydrogen) atoms. The molecule has 0 saturated heterocycles. The highest BCUT2D eigenvalue weighted by atomic mass is 16.5. The van der Waals surface area contributed by atoms with Crippen molar-refractivity contribution in [2.24, 2.45) is 0 Å². The lowest BCUT2D eigenvalue weighted by atomic mass is 10.4. The van der Waals surface area contributed by atoms with E-state index in [2.05, 4.69) is 16.9 Å². The third-order valence-corrected chi connectivity index (χ3v) is 1.62. The molecule has 0 radical (unpaired) electrons. The van der Waals surface area contributed by atoms with E-state index in [-0.39, 0.29) is 6.10 Å². The van der Waals surface area contributed by atoms with Crippen molar-refractivity contribution in [2.45, 2.75) is 39.9 Å². The molecule has 0 aliphatic rings. The number of hydrogen-bond acceptors (Lipinski definition) is 2. The van der Waals surface area contributed by atoms with Gasteiger partial charge in [-0.25, -0.2) is 4.98 Å². The Hall–Kier alpha value is -0.830. The molecule has 0 unspecified atom stereocenters. The third kappa shape index (κ3) is 2.66. The average molecular weight is 168 g/mol. The van der Waals surface area contributed by atoms with Crippen LogP contribution < -0.4 is 0 Å². The molecule has 0 fully saturated rings. The molecule has 0 aliphatic carbocycles. The fraction of sp³-hybridized carbons (Fsp3) is 0.667. The molecular formula is C9H16N2O. The number of imidazole rings is 1. The van der Waals surface area contributed by atoms with Gasteiger partial charge in [0, 0.05) is 11.9 Å². The van der Waals surface area contributed by atoms with Crippen LogP contribution in [0.5, 0.6) is 0 Å². The molecule has 68 valence electrons. The monoisotopic (exact) mass is 168 g/mol. The Balaban J connectivity index is 2.41. The van der Waals surface area contributed by atoms with Crippen molar-refractivity contribution in [3.8, 4) is 0 Å². The van der Waals surface area contributed by atoms with Gasteiger partial charge in [-0.3, -0.25) is 0 Å². The number of ether oxygens (including phenoxy) is 1. The summed E-state index contributed by atoms with van der Waals surface area (Å²) in [4.78, 5) is 7.36. The summed E-state index contributed by atoms with van der Waals surface area (Å²) < 4.78 is 5.39. The van der Waals surface area contributed by atoms with Crippen LogP contribution >= 0.6 is 0 Å². The van der Waals surface area contributed by atoms with Crippen LogP contribution in [-0.4, -0.2) is 16.1 Å². The van der Waals surface area contributed by atoms with Crippen LogP contribution in [0.15, 0.2) is 6.20 Å². The van der Waals surface area contributed by atoms with Crippen molar-refractivity contribution in [3.63, 3.8) is 0 Å². The summed E-state index contributed by atoms with van der Waals surface area (Å²) in [6.07, 6.45) is 3.12. The minimum Gasteiger partial charge on any atom is -0.371 e. The number of rotatable bonds is 4. The molecule has 0 amide bonds. The Morgan fingerprint density at radius 2 is 2.33 bits per heavy atom. The van der Waals surface area contributed by atoms with Crippen LogP contribution in [0.2, 0.25) is 0 Å². The fourth-order valence-electron chi connectivity index (χ4n) is 0.904. The van der Waals surface area contributed by atoms with Gasteiger partial charge in [0.15, 0.2) is 0 Å². The Labute approximate surface area is 73.2 Å². The molecule has 1 aromatic heterocycles. The summed E-state index contributed by atoms with van der Waals surface area (Å²) in [6.45, 7) is 6.71. The van der Waals surface area contributed by atoms with E-state index in [4.69, 9.17) is 4.74 Å². The largest absolute Gasteiger partial charge is 0.371 e. The summed E-state index contributed by atoms with van der Waals surface area (Å²) in [5.41, 5.74) is 1.16. The first-order chi connectivity index (χ1) is 5.72. The zero-order valence-electron chi connectivity index (χ0n) is 7.92. The lowest BCUT2D eigenvalue weighted by Crippen LogP contribution is -2.03. The topological polar surface area (TPSA) is 37.9 Å². The molecule has 0 saturated carbocycles. The molecule has 0 spiro atoms. The lowest BCUT2D eigenvalue weighted by Gasteiger charge is -2.04. The standard InChI is InChI=1S/C9H16N2O/c1-4-8-5-10-9(11-8)6-12-7(2)3/h5,7H,4,6H2,1-3H3,(H,10,11). The van der Waals surface area contributed by atoms with Gasteiger partial charge in [-0.05, 0) is 20.3 Å². The molecule has 0 bridgehead atoms. The number of aromatic nitrogens is 2. The lowest BCUT2D eigenvalue weighted by molar-refractivity contribution is 0.0616. The molecule has 1 heterocycles. The van der Waals surface area contributed by atoms with E-state index in [0.29, 0.717) is 6.61 Å². The van der Waals surface area contributed by atoms with Crippen molar-refractivity contribution in [2.75, 3.05) is 0 Å². The molecule has 1 N–H and O–H groups in total. The van der Waals surface area contributed by atoms with Crippen LogP contribution in [0.4, 0.5) is 0 Å². The van der Waals surface area contributed by atoms with E-state index >= 15 is 0 Å². The number of aryl methyl sites for hydroxylation is 1. The summed E-state index contributed by atoms with van der Waals surface area (Å²) in [6, 6.07) is 0. The van der Waals surface area contributed by atoms with E-state index in [1.807, 2.05) is 20.0 Å². The van der Waals surface area contributed by atoms with E-state index in [1.165, 1.54) is 0 Å². The summed E-state index contributed by atoms with van der Waals surface area (Å²) >= 11 is 0. The molecule has 1 aromatic rings. The van der Waals surface area contributed by atoms with Gasteiger partial charge in [-0.15, -0.1) is 0 Å².